The van der Waals surface area contributed by atoms with Crippen molar-refractivity contribution < 1.29 is 36.7 Å². The summed E-state index contributed by atoms with van der Waals surface area (Å²) in [5.41, 5.74) is 0.765. The molecule has 2 N–H and O–H groups in total. The minimum absolute atomic E-state index is 0.224. The van der Waals surface area contributed by atoms with Crippen LogP contribution in [0.5, 0.6) is 5.75 Å². The first-order chi connectivity index (χ1) is 23.1. The number of alkyl halides is 3. The van der Waals surface area contributed by atoms with Crippen molar-refractivity contribution in [3.63, 3.8) is 0 Å². The number of benzene rings is 2. The molecule has 0 bridgehead atoms. The lowest BCUT2D eigenvalue weighted by Crippen LogP contribution is -2.49. The van der Waals surface area contributed by atoms with Crippen LogP contribution in [-0.4, -0.2) is 79.9 Å². The molecule has 1 aromatic heterocycles. The second kappa shape index (κ2) is 14.3. The first-order valence-corrected chi connectivity index (χ1v) is 15.7. The Labute approximate surface area is 275 Å². The molecule has 0 saturated carbocycles. The maximum Gasteiger partial charge on any atom is 0.419 e. The van der Waals surface area contributed by atoms with Crippen LogP contribution in [0.4, 0.5) is 46.3 Å². The van der Waals surface area contributed by atoms with E-state index in [1.54, 1.807) is 19.2 Å². The lowest BCUT2D eigenvalue weighted by Gasteiger charge is -2.41. The number of piperidine rings is 1. The number of hydroxylamine groups is 1. The van der Waals surface area contributed by atoms with Crippen molar-refractivity contribution in [2.24, 2.45) is 0 Å². The predicted octanol–water partition coefficient (Wildman–Crippen LogP) is 5.70. The summed E-state index contributed by atoms with van der Waals surface area (Å²) in [4.78, 5) is 31.6. The second-order valence-corrected chi connectivity index (χ2v) is 11.7. The van der Waals surface area contributed by atoms with Gasteiger partial charge in [-0.1, -0.05) is 12.6 Å². The van der Waals surface area contributed by atoms with Gasteiger partial charge in [0.1, 0.15) is 23.7 Å². The number of nitrogens with one attached hydrogen (secondary N) is 2. The summed E-state index contributed by atoms with van der Waals surface area (Å²) in [7, 11) is 1.54. The Morgan fingerprint density at radius 3 is 2.50 bits per heavy atom. The number of hydrogen-bond donors (Lipinski definition) is 2. The number of carbonyl (C=O) groups excluding carboxylic acids is 1. The molecular formula is C33H37F4N7O4. The van der Waals surface area contributed by atoms with Crippen molar-refractivity contribution in [3.8, 4) is 5.75 Å². The van der Waals surface area contributed by atoms with Gasteiger partial charge in [0.2, 0.25) is 5.91 Å². The van der Waals surface area contributed by atoms with E-state index in [0.717, 1.165) is 70.1 Å². The van der Waals surface area contributed by atoms with Crippen LogP contribution in [0.2, 0.25) is 0 Å². The largest absolute Gasteiger partial charge is 0.494 e. The Morgan fingerprint density at radius 2 is 1.79 bits per heavy atom. The summed E-state index contributed by atoms with van der Waals surface area (Å²) >= 11 is 0. The highest BCUT2D eigenvalue weighted by Crippen LogP contribution is 2.41. The Morgan fingerprint density at radius 1 is 1.02 bits per heavy atom. The minimum Gasteiger partial charge on any atom is -0.494 e. The van der Waals surface area contributed by atoms with Crippen molar-refractivity contribution in [2.75, 3.05) is 73.7 Å². The quantitative estimate of drug-likeness (QED) is 0.218. The molecule has 0 aliphatic carbocycles. The fourth-order valence-electron chi connectivity index (χ4n) is 6.43. The smallest absolute Gasteiger partial charge is 0.419 e. The van der Waals surface area contributed by atoms with Gasteiger partial charge >= 0.3 is 6.18 Å². The highest BCUT2D eigenvalue weighted by Gasteiger charge is 2.37. The molecule has 3 saturated heterocycles. The van der Waals surface area contributed by atoms with Gasteiger partial charge in [0.05, 0.1) is 55.6 Å². The van der Waals surface area contributed by atoms with Gasteiger partial charge in [-0.15, -0.1) is 0 Å². The summed E-state index contributed by atoms with van der Waals surface area (Å²) in [6.07, 6.45) is -0.0447. The van der Waals surface area contributed by atoms with E-state index in [1.807, 2.05) is 6.07 Å². The zero-order valence-corrected chi connectivity index (χ0v) is 26.4. The molecular weight excluding hydrogens is 634 g/mol. The minimum atomic E-state index is -4.84. The number of ether oxygens (including phenoxy) is 2. The van der Waals surface area contributed by atoms with Crippen LogP contribution in [0.1, 0.15) is 36.4 Å². The third-order valence-corrected chi connectivity index (χ3v) is 8.85. The number of hydrogen-bond acceptors (Lipinski definition) is 10. The van der Waals surface area contributed by atoms with Crippen molar-refractivity contribution >= 4 is 34.6 Å². The number of morpholine rings is 1. The molecule has 0 unspecified atom stereocenters. The lowest BCUT2D eigenvalue weighted by atomic mass is 10.0. The Kier molecular flexibility index (Phi) is 9.99. The van der Waals surface area contributed by atoms with Crippen LogP contribution >= 0.6 is 0 Å². The van der Waals surface area contributed by atoms with Gasteiger partial charge in [-0.3, -0.25) is 14.5 Å². The molecule has 0 radical (unpaired) electrons. The molecule has 2 aromatic carbocycles. The summed E-state index contributed by atoms with van der Waals surface area (Å²) in [6.45, 7) is 8.76. The van der Waals surface area contributed by atoms with Gasteiger partial charge in [0, 0.05) is 50.8 Å². The standard InChI is InChI=1S/C33H37F4N7O4/c1-3-32(45)41-25-17-26(29(46-2)18-28(25)43-9-6-22(7-10-43)42-11-14-47-15-12-42)40-30-19-31(39-20-38-30)44-27(8-13-48-44)21-4-5-24(34)23(16-21)33(35,36)37/h3-5,16-20,22,27H,1,6-15H2,2H3,(H,41,45)(H,38,39,40)/t27-/m1/s1. The maximum atomic E-state index is 14.0. The SMILES string of the molecule is C=CC(=O)Nc1cc(Nc2cc(N3OCC[C@@H]3c3ccc(F)c(C(F)(F)F)c3)ncn2)c(OC)cc1N1CCC(N2CCOCC2)CC1. The van der Waals surface area contributed by atoms with Crippen LogP contribution in [0.25, 0.3) is 0 Å². The third-order valence-electron chi connectivity index (χ3n) is 8.85. The second-order valence-electron chi connectivity index (χ2n) is 11.7. The third kappa shape index (κ3) is 7.32. The number of amides is 1. The van der Waals surface area contributed by atoms with Crippen LogP contribution in [-0.2, 0) is 20.5 Å². The average molecular weight is 672 g/mol. The molecule has 3 aliphatic heterocycles. The van der Waals surface area contributed by atoms with Gasteiger partial charge in [-0.05, 0) is 42.7 Å². The number of nitrogens with zero attached hydrogens (tertiary/aromatic N) is 5. The number of methoxy groups -OCH3 is 1. The van der Waals surface area contributed by atoms with Crippen molar-refractivity contribution in [2.45, 2.75) is 37.5 Å². The lowest BCUT2D eigenvalue weighted by molar-refractivity contribution is -0.140. The van der Waals surface area contributed by atoms with E-state index in [-0.39, 0.29) is 23.9 Å². The van der Waals surface area contributed by atoms with Crippen LogP contribution in [0.3, 0.4) is 0 Å². The first-order valence-electron chi connectivity index (χ1n) is 15.7. The number of rotatable bonds is 9. The summed E-state index contributed by atoms with van der Waals surface area (Å²) in [5, 5.41) is 7.54. The highest BCUT2D eigenvalue weighted by atomic mass is 19.4. The van der Waals surface area contributed by atoms with E-state index >= 15 is 0 Å². The normalized spacial score (nSPS) is 19.3. The van der Waals surface area contributed by atoms with E-state index in [2.05, 4.69) is 37.0 Å². The summed E-state index contributed by atoms with van der Waals surface area (Å²) in [6, 6.07) is 7.97. The zero-order chi connectivity index (χ0) is 33.8. The van der Waals surface area contributed by atoms with Crippen molar-refractivity contribution in [3.05, 3.63) is 72.3 Å². The summed E-state index contributed by atoms with van der Waals surface area (Å²) < 4.78 is 65.6. The van der Waals surface area contributed by atoms with Gasteiger partial charge in [0.15, 0.2) is 5.82 Å². The van der Waals surface area contributed by atoms with Crippen molar-refractivity contribution in [1.29, 1.82) is 0 Å². The van der Waals surface area contributed by atoms with E-state index in [0.29, 0.717) is 35.4 Å². The van der Waals surface area contributed by atoms with Gasteiger partial charge in [-0.2, -0.15) is 13.2 Å². The van der Waals surface area contributed by atoms with E-state index in [9.17, 15) is 22.4 Å². The van der Waals surface area contributed by atoms with Crippen LogP contribution in [0.15, 0.2) is 55.4 Å². The van der Waals surface area contributed by atoms with E-state index < -0.39 is 23.6 Å². The molecule has 256 valence electrons. The number of anilines is 5. The topological polar surface area (TPSA) is 104 Å². The average Bonchev–Trinajstić information content (AvgIpc) is 3.59. The molecule has 15 heteroatoms. The number of carbonyl (C=O) groups is 1. The molecule has 48 heavy (non-hydrogen) atoms. The molecule has 6 rings (SSSR count). The molecule has 0 spiro atoms. The monoisotopic (exact) mass is 671 g/mol. The summed E-state index contributed by atoms with van der Waals surface area (Å²) in [5.74, 6) is -0.592. The van der Waals surface area contributed by atoms with Crippen molar-refractivity contribution in [1.82, 2.24) is 14.9 Å². The Bertz CT molecular complexity index is 1630. The van der Waals surface area contributed by atoms with Gasteiger partial charge in [-0.25, -0.2) is 19.4 Å². The molecule has 11 nitrogen and oxygen atoms in total. The number of aromatic nitrogens is 2. The molecule has 4 heterocycles. The molecule has 3 fully saturated rings. The Balaban J connectivity index is 1.24. The van der Waals surface area contributed by atoms with Gasteiger partial charge < -0.3 is 25.0 Å². The fourth-order valence-corrected chi connectivity index (χ4v) is 6.43. The highest BCUT2D eigenvalue weighted by molar-refractivity contribution is 6.02. The van der Waals surface area contributed by atoms with E-state index in [1.165, 1.54) is 23.5 Å². The zero-order valence-electron chi connectivity index (χ0n) is 26.4. The fraction of sp³-hybridized carbons (Fsp3) is 0.424. The maximum absolute atomic E-state index is 14.0. The van der Waals surface area contributed by atoms with Gasteiger partial charge in [0.25, 0.3) is 0 Å². The molecule has 3 aromatic rings. The van der Waals surface area contributed by atoms with Crippen LogP contribution in [0, 0.1) is 5.82 Å². The molecule has 1 atom stereocenters. The Hall–Kier alpha value is -4.47. The predicted molar refractivity (Wildman–Crippen MR) is 172 cm³/mol. The van der Waals surface area contributed by atoms with Crippen LogP contribution < -0.4 is 25.3 Å². The molecule has 3 aliphatic rings. The first kappa shape index (κ1) is 33.4. The molecule has 1 amide bonds. The number of halogens is 4. The van der Waals surface area contributed by atoms with E-state index in [4.69, 9.17) is 14.3 Å².